The van der Waals surface area contributed by atoms with Crippen LogP contribution in [0.5, 0.6) is 0 Å². The van der Waals surface area contributed by atoms with E-state index in [1.165, 1.54) is 0 Å². The number of imidazole rings is 1. The summed E-state index contributed by atoms with van der Waals surface area (Å²) >= 11 is 5.90. The van der Waals surface area contributed by atoms with Gasteiger partial charge in [0.1, 0.15) is 10.8 Å². The van der Waals surface area contributed by atoms with Gasteiger partial charge in [-0.15, -0.1) is 12.1 Å². The molecule has 0 atom stereocenters. The van der Waals surface area contributed by atoms with Gasteiger partial charge in [-0.25, -0.2) is 14.5 Å². The molecule has 0 N–H and O–H groups in total. The van der Waals surface area contributed by atoms with Gasteiger partial charge in [0.25, 0.3) is 0 Å². The van der Waals surface area contributed by atoms with Crippen molar-refractivity contribution in [2.24, 2.45) is 0 Å². The molecule has 0 aliphatic heterocycles. The van der Waals surface area contributed by atoms with Gasteiger partial charge in [0, 0.05) is 25.4 Å². The molecule has 0 unspecified atom stereocenters. The van der Waals surface area contributed by atoms with Crippen LogP contribution in [0.15, 0.2) is 40.9 Å². The molecule has 3 aromatic heterocycles. The topological polar surface area (TPSA) is 56.2 Å². The van der Waals surface area contributed by atoms with Crippen molar-refractivity contribution in [1.82, 2.24) is 19.6 Å². The molecular formula is C13H6AmClN4O-. The summed E-state index contributed by atoms with van der Waals surface area (Å²) in [6, 6.07) is 11.8. The van der Waals surface area contributed by atoms with E-state index >= 15 is 0 Å². The summed E-state index contributed by atoms with van der Waals surface area (Å²) in [5.74, 6) is 0.455. The van der Waals surface area contributed by atoms with Crippen LogP contribution in [0, 0.1) is 20.3 Å². The Morgan fingerprint density at radius 3 is 3.00 bits per heavy atom. The Kier molecular flexibility index (Phi) is 3.14. The molecule has 1 aromatic carbocycles. The molecule has 0 saturated carbocycles. The molecule has 4 rings (SSSR count). The Morgan fingerprint density at radius 1 is 1.25 bits per heavy atom. The van der Waals surface area contributed by atoms with E-state index in [4.69, 9.17) is 16.0 Å². The smallest absolute Gasteiger partial charge is 0.233 e. The minimum atomic E-state index is 0. The number of oxazole rings is 1. The van der Waals surface area contributed by atoms with E-state index < -0.39 is 0 Å². The molecule has 20 heavy (non-hydrogen) atoms. The second kappa shape index (κ2) is 4.83. The molecule has 4 aromatic rings. The maximum absolute atomic E-state index is 5.90. The van der Waals surface area contributed by atoms with Crippen LogP contribution in [-0.4, -0.2) is 19.6 Å². The third-order valence-electron chi connectivity index (χ3n) is 2.78. The van der Waals surface area contributed by atoms with Gasteiger partial charge in [0.2, 0.25) is 5.89 Å². The normalized spacial score (nSPS) is 10.8. The van der Waals surface area contributed by atoms with Crippen LogP contribution in [0.3, 0.4) is 0 Å². The summed E-state index contributed by atoms with van der Waals surface area (Å²) in [6.07, 6.45) is 1.66. The number of hydrogen-bond acceptors (Lipinski definition) is 4. The molecule has 7 heteroatoms. The molecule has 99 valence electrons. The van der Waals surface area contributed by atoms with Gasteiger partial charge in [0.05, 0.1) is 6.20 Å². The van der Waals surface area contributed by atoms with Crippen LogP contribution < -0.4 is 0 Å². The number of hydrogen-bond donors (Lipinski definition) is 0. The molecule has 0 aliphatic rings. The second-order valence-electron chi connectivity index (χ2n) is 3.98. The molecule has 1 radical (unpaired) electrons. The number of fused-ring (bicyclic) bond motifs is 2. The average Bonchev–Trinajstić information content (AvgIpc) is 3.00. The Morgan fingerprint density at radius 2 is 2.15 bits per heavy atom. The summed E-state index contributed by atoms with van der Waals surface area (Å²) in [7, 11) is 0. The molecule has 0 spiro atoms. The van der Waals surface area contributed by atoms with Crippen molar-refractivity contribution in [1.29, 1.82) is 0 Å². The predicted molar refractivity (Wildman–Crippen MR) is 69.8 cm³/mol. The van der Waals surface area contributed by atoms with Crippen LogP contribution >= 0.6 is 11.6 Å². The largest absolute Gasteiger partial charge is 0.499 e. The van der Waals surface area contributed by atoms with E-state index in [2.05, 4.69) is 21.1 Å². The second-order valence-corrected chi connectivity index (χ2v) is 4.37. The molecule has 0 amide bonds. The molecule has 5 nitrogen and oxygen atoms in total. The first kappa shape index (κ1) is 13.0. The fourth-order valence-electron chi connectivity index (χ4n) is 1.92. The van der Waals surface area contributed by atoms with Crippen LogP contribution in [0.4, 0.5) is 0 Å². The number of benzene rings is 1. The molecule has 0 fully saturated rings. The van der Waals surface area contributed by atoms with Crippen molar-refractivity contribution in [3.63, 3.8) is 0 Å². The monoisotopic (exact) mass is 510 g/mol. The van der Waals surface area contributed by atoms with E-state index in [0.717, 1.165) is 5.52 Å². The zero-order chi connectivity index (χ0) is 12.8. The van der Waals surface area contributed by atoms with E-state index in [9.17, 15) is 0 Å². The molecule has 3 heterocycles. The Balaban J connectivity index is 0.00000121. The maximum Gasteiger partial charge on any atom is 0.233 e. The average molecular weight is 513 g/mol. The number of nitrogens with zero attached hydrogens (tertiary/aromatic N) is 4. The van der Waals surface area contributed by atoms with Gasteiger partial charge >= 0.3 is 0 Å². The van der Waals surface area contributed by atoms with Crippen LogP contribution in [0.1, 0.15) is 0 Å². The Labute approximate surface area is 126 Å². The zero-order valence-corrected chi connectivity index (χ0v) is 13.8. The van der Waals surface area contributed by atoms with Gasteiger partial charge in [0.15, 0.2) is 5.65 Å². The van der Waals surface area contributed by atoms with E-state index in [0.29, 0.717) is 28.0 Å². The van der Waals surface area contributed by atoms with Crippen molar-refractivity contribution >= 4 is 28.3 Å². The fraction of sp³-hybridized carbons (Fsp3) is 0. The minimum Gasteiger partial charge on any atom is -0.499 e. The van der Waals surface area contributed by atoms with Gasteiger partial charge < -0.3 is 4.42 Å². The van der Waals surface area contributed by atoms with Crippen LogP contribution in [0.25, 0.3) is 28.3 Å². The van der Waals surface area contributed by atoms with Gasteiger partial charge in [-0.2, -0.15) is 17.2 Å². The zero-order valence-electron chi connectivity index (χ0n) is 9.92. The van der Waals surface area contributed by atoms with Crippen molar-refractivity contribution in [3.05, 3.63) is 47.7 Å². The molecule has 0 aliphatic carbocycles. The first-order valence-electron chi connectivity index (χ1n) is 5.58. The van der Waals surface area contributed by atoms with Crippen molar-refractivity contribution in [3.8, 4) is 11.6 Å². The third kappa shape index (κ3) is 1.94. The third-order valence-corrected chi connectivity index (χ3v) is 2.98. The standard InChI is InChI=1S/C13H6ClN4O.Am/c14-11-5-6-12-15-7-9(18(12)17-11)13-16-8-3-1-2-4-10(8)19-13;/h1,3-7H;/q-1;. The van der Waals surface area contributed by atoms with Gasteiger partial charge in [-0.3, -0.25) is 0 Å². The summed E-state index contributed by atoms with van der Waals surface area (Å²) < 4.78 is 7.28. The number of rotatable bonds is 1. The maximum atomic E-state index is 5.90. The minimum absolute atomic E-state index is 0. The van der Waals surface area contributed by atoms with Gasteiger partial charge in [-0.05, 0) is 12.1 Å². The van der Waals surface area contributed by atoms with E-state index in [1.54, 1.807) is 35.0 Å². The quantitative estimate of drug-likeness (QED) is 0.368. The first-order valence-corrected chi connectivity index (χ1v) is 5.96. The summed E-state index contributed by atoms with van der Waals surface area (Å²) in [5, 5.41) is 4.58. The van der Waals surface area contributed by atoms with E-state index in [-0.39, 0.29) is 14.3 Å². The number of halogens is 1. The van der Waals surface area contributed by atoms with Crippen molar-refractivity contribution in [2.45, 2.75) is 0 Å². The SMILES string of the molecule is Clc1ccc2ncc(-c3nc4cc[c-]cc4o3)n2n1.[Am]. The fourth-order valence-corrected chi connectivity index (χ4v) is 2.06. The summed E-state index contributed by atoms with van der Waals surface area (Å²) in [6.45, 7) is 0. The van der Waals surface area contributed by atoms with Crippen LogP contribution in [-0.2, 0) is 0 Å². The van der Waals surface area contributed by atoms with Crippen molar-refractivity contribution < 1.29 is 18.7 Å². The first-order chi connectivity index (χ1) is 9.31. The summed E-state index contributed by atoms with van der Waals surface area (Å²) in [5.41, 5.74) is 2.79. The Bertz CT molecular complexity index is 869. The molecule has 0 bridgehead atoms. The predicted octanol–water partition coefficient (Wildman–Crippen LogP) is 2.99. The van der Waals surface area contributed by atoms with Gasteiger partial charge in [-0.1, -0.05) is 11.6 Å². The van der Waals surface area contributed by atoms with E-state index in [1.807, 2.05) is 6.07 Å². The number of aromatic nitrogens is 4. The Hall–Kier alpha value is -2.01. The van der Waals surface area contributed by atoms with Crippen LogP contribution in [0.2, 0.25) is 5.15 Å². The summed E-state index contributed by atoms with van der Waals surface area (Å²) in [4.78, 5) is 8.64. The molecule has 0 saturated heterocycles. The van der Waals surface area contributed by atoms with Crippen molar-refractivity contribution in [2.75, 3.05) is 0 Å². The molecular weight excluding hydrogens is 507 g/mol.